The average Bonchev–Trinajstić information content (AvgIpc) is 2.79. The van der Waals surface area contributed by atoms with E-state index in [1.165, 1.54) is 9.58 Å². The van der Waals surface area contributed by atoms with Gasteiger partial charge in [0.15, 0.2) is 0 Å². The fraction of sp³-hybridized carbons (Fsp3) is 0.571. The molecule has 116 valence electrons. The Labute approximate surface area is 121 Å². The second kappa shape index (κ2) is 5.91. The minimum Gasteiger partial charge on any atom is -0.337 e. The molecule has 1 aliphatic rings. The van der Waals surface area contributed by atoms with Crippen molar-refractivity contribution in [2.75, 3.05) is 13.1 Å². The summed E-state index contributed by atoms with van der Waals surface area (Å²) >= 11 is 0. The van der Waals surface area contributed by atoms with Crippen LogP contribution in [0.15, 0.2) is 18.9 Å². The molecule has 1 fully saturated rings. The summed E-state index contributed by atoms with van der Waals surface area (Å²) in [4.78, 5) is 14.0. The fourth-order valence-electron chi connectivity index (χ4n) is 2.62. The lowest BCUT2D eigenvalue weighted by atomic mass is 9.96. The summed E-state index contributed by atoms with van der Waals surface area (Å²) < 4.78 is 39.4. The number of aryl methyl sites for hydroxylation is 1. The van der Waals surface area contributed by atoms with Crippen LogP contribution in [0.4, 0.5) is 13.2 Å². The van der Waals surface area contributed by atoms with Crippen molar-refractivity contribution in [3.05, 3.63) is 30.1 Å². The van der Waals surface area contributed by atoms with Gasteiger partial charge < -0.3 is 4.90 Å². The molecule has 0 saturated carbocycles. The first-order valence-corrected chi connectivity index (χ1v) is 6.82. The van der Waals surface area contributed by atoms with Crippen molar-refractivity contribution in [3.8, 4) is 0 Å². The second-order valence-electron chi connectivity index (χ2n) is 5.24. The van der Waals surface area contributed by atoms with Crippen LogP contribution in [0, 0.1) is 5.92 Å². The van der Waals surface area contributed by atoms with Gasteiger partial charge in [0.05, 0.1) is 12.1 Å². The zero-order valence-corrected chi connectivity index (χ0v) is 11.9. The van der Waals surface area contributed by atoms with Crippen molar-refractivity contribution in [2.45, 2.75) is 25.4 Å². The van der Waals surface area contributed by atoms with Crippen LogP contribution < -0.4 is 0 Å². The van der Waals surface area contributed by atoms with Crippen molar-refractivity contribution in [2.24, 2.45) is 13.0 Å². The number of amides is 1. The van der Waals surface area contributed by atoms with Crippen LogP contribution in [0.1, 0.15) is 28.9 Å². The maximum atomic E-state index is 12.6. The van der Waals surface area contributed by atoms with Crippen molar-refractivity contribution >= 4 is 5.91 Å². The predicted molar refractivity (Wildman–Crippen MR) is 71.8 cm³/mol. The van der Waals surface area contributed by atoms with Gasteiger partial charge in [0.2, 0.25) is 0 Å². The van der Waals surface area contributed by atoms with Gasteiger partial charge in [-0.25, -0.2) is 0 Å². The Kier molecular flexibility index (Phi) is 4.39. The van der Waals surface area contributed by atoms with Crippen LogP contribution in [0.3, 0.4) is 0 Å². The molecular weight excluding hydrogens is 283 g/mol. The summed E-state index contributed by atoms with van der Waals surface area (Å²) in [5, 5.41) is 4.05. The van der Waals surface area contributed by atoms with E-state index < -0.39 is 12.1 Å². The molecule has 0 spiro atoms. The number of aromatic nitrogens is 2. The maximum Gasteiger partial charge on any atom is 0.391 e. The van der Waals surface area contributed by atoms with E-state index in [0.717, 1.165) is 5.56 Å². The van der Waals surface area contributed by atoms with Gasteiger partial charge in [-0.05, 0) is 19.3 Å². The number of nitrogens with zero attached hydrogens (tertiary/aromatic N) is 3. The molecule has 4 nitrogen and oxygen atoms in total. The summed E-state index contributed by atoms with van der Waals surface area (Å²) in [6.45, 7) is 3.88. The topological polar surface area (TPSA) is 38.1 Å². The molecule has 0 atom stereocenters. The van der Waals surface area contributed by atoms with Crippen LogP contribution in [0.25, 0.3) is 0 Å². The van der Waals surface area contributed by atoms with E-state index >= 15 is 0 Å². The molecule has 0 N–H and O–H groups in total. The molecule has 0 unspecified atom stereocenters. The van der Waals surface area contributed by atoms with E-state index in [1.54, 1.807) is 19.3 Å². The molecule has 1 aromatic heterocycles. The van der Waals surface area contributed by atoms with Gasteiger partial charge in [-0.3, -0.25) is 9.48 Å². The number of carbonyl (C=O) groups is 1. The highest BCUT2D eigenvalue weighted by atomic mass is 19.4. The highest BCUT2D eigenvalue weighted by molar-refractivity contribution is 5.94. The van der Waals surface area contributed by atoms with Gasteiger partial charge in [0, 0.05) is 25.7 Å². The first-order valence-electron chi connectivity index (χ1n) is 6.82. The minimum absolute atomic E-state index is 0.0378. The summed E-state index contributed by atoms with van der Waals surface area (Å²) in [7, 11) is 1.66. The van der Waals surface area contributed by atoms with Crippen molar-refractivity contribution in [1.29, 1.82) is 0 Å². The summed E-state index contributed by atoms with van der Waals surface area (Å²) in [6.07, 6.45) is -0.474. The van der Waals surface area contributed by atoms with Crippen molar-refractivity contribution < 1.29 is 18.0 Å². The molecule has 21 heavy (non-hydrogen) atoms. The Morgan fingerprint density at radius 1 is 1.48 bits per heavy atom. The molecule has 1 amide bonds. The molecule has 2 rings (SSSR count). The first-order chi connectivity index (χ1) is 9.84. The zero-order valence-electron chi connectivity index (χ0n) is 11.9. The number of allylic oxidation sites excluding steroid dienone is 1. The van der Waals surface area contributed by atoms with E-state index in [-0.39, 0.29) is 31.8 Å². The number of alkyl halides is 3. The lowest BCUT2D eigenvalue weighted by Crippen LogP contribution is -2.42. The standard InChI is InChI=1S/C14H18F3N3O/c1-3-4-10-9-18-19(2)12(10)13(21)20-7-5-11(6-8-20)14(15,16)17/h3,9,11H,1,4-8H2,2H3. The lowest BCUT2D eigenvalue weighted by Gasteiger charge is -2.33. The minimum atomic E-state index is -4.17. The second-order valence-corrected chi connectivity index (χ2v) is 5.24. The highest BCUT2D eigenvalue weighted by Crippen LogP contribution is 2.34. The maximum absolute atomic E-state index is 12.6. The number of halogens is 3. The normalized spacial score (nSPS) is 17.0. The van der Waals surface area contributed by atoms with E-state index in [1.807, 2.05) is 0 Å². The van der Waals surface area contributed by atoms with Gasteiger partial charge in [-0.2, -0.15) is 18.3 Å². The lowest BCUT2D eigenvalue weighted by molar-refractivity contribution is -0.183. The smallest absolute Gasteiger partial charge is 0.337 e. The third kappa shape index (κ3) is 3.28. The molecular formula is C14H18F3N3O. The molecule has 0 aliphatic carbocycles. The Hall–Kier alpha value is -1.79. The monoisotopic (exact) mass is 301 g/mol. The third-order valence-electron chi connectivity index (χ3n) is 3.83. The van der Waals surface area contributed by atoms with Crippen LogP contribution in [0.2, 0.25) is 0 Å². The highest BCUT2D eigenvalue weighted by Gasteiger charge is 2.42. The third-order valence-corrected chi connectivity index (χ3v) is 3.83. The number of rotatable bonds is 3. The Balaban J connectivity index is 2.09. The molecule has 7 heteroatoms. The predicted octanol–water partition coefficient (Wildman–Crippen LogP) is 2.56. The van der Waals surface area contributed by atoms with E-state index in [9.17, 15) is 18.0 Å². The number of likely N-dealkylation sites (tertiary alicyclic amines) is 1. The van der Waals surface area contributed by atoms with Gasteiger partial charge in [0.25, 0.3) is 5.91 Å². The van der Waals surface area contributed by atoms with Crippen LogP contribution in [-0.2, 0) is 13.5 Å². The van der Waals surface area contributed by atoms with Crippen molar-refractivity contribution in [1.82, 2.24) is 14.7 Å². The van der Waals surface area contributed by atoms with Gasteiger partial charge in [-0.1, -0.05) is 6.08 Å². The molecule has 1 saturated heterocycles. The molecule has 0 aromatic carbocycles. The molecule has 0 bridgehead atoms. The molecule has 1 aliphatic heterocycles. The number of hydrogen-bond acceptors (Lipinski definition) is 2. The summed E-state index contributed by atoms with van der Waals surface area (Å²) in [5.41, 5.74) is 1.18. The molecule has 1 aromatic rings. The SMILES string of the molecule is C=CCc1cnn(C)c1C(=O)N1CCC(C(F)(F)F)CC1. The largest absolute Gasteiger partial charge is 0.391 e. The summed E-state index contributed by atoms with van der Waals surface area (Å²) in [5.74, 6) is -1.56. The summed E-state index contributed by atoms with van der Waals surface area (Å²) in [6, 6.07) is 0. The zero-order chi connectivity index (χ0) is 15.6. The number of piperidine rings is 1. The van der Waals surface area contributed by atoms with E-state index in [4.69, 9.17) is 0 Å². The molecule has 2 heterocycles. The van der Waals surface area contributed by atoms with Gasteiger partial charge in [0.1, 0.15) is 5.69 Å². The number of carbonyl (C=O) groups excluding carboxylic acids is 1. The Bertz CT molecular complexity index is 528. The van der Waals surface area contributed by atoms with E-state index in [2.05, 4.69) is 11.7 Å². The Morgan fingerprint density at radius 3 is 2.62 bits per heavy atom. The number of hydrogen-bond donors (Lipinski definition) is 0. The van der Waals surface area contributed by atoms with Crippen LogP contribution in [-0.4, -0.2) is 39.9 Å². The van der Waals surface area contributed by atoms with Crippen molar-refractivity contribution in [3.63, 3.8) is 0 Å². The van der Waals surface area contributed by atoms with E-state index in [0.29, 0.717) is 12.1 Å². The van der Waals surface area contributed by atoms with Crippen LogP contribution >= 0.6 is 0 Å². The van der Waals surface area contributed by atoms with Crippen LogP contribution in [0.5, 0.6) is 0 Å². The average molecular weight is 301 g/mol. The van der Waals surface area contributed by atoms with Gasteiger partial charge >= 0.3 is 6.18 Å². The first kappa shape index (κ1) is 15.6. The van der Waals surface area contributed by atoms with Gasteiger partial charge in [-0.15, -0.1) is 6.58 Å². The Morgan fingerprint density at radius 2 is 2.10 bits per heavy atom. The molecule has 0 radical (unpaired) electrons. The fourth-order valence-corrected chi connectivity index (χ4v) is 2.62. The quantitative estimate of drug-likeness (QED) is 0.805.